The van der Waals surface area contributed by atoms with E-state index in [4.69, 9.17) is 53.3 Å². The van der Waals surface area contributed by atoms with Crippen molar-refractivity contribution in [3.8, 4) is 12.3 Å². The lowest BCUT2D eigenvalue weighted by Gasteiger charge is -2.28. The van der Waals surface area contributed by atoms with Crippen LogP contribution in [0.25, 0.3) is 0 Å². The Labute approximate surface area is 201 Å². The van der Waals surface area contributed by atoms with Gasteiger partial charge in [-0.2, -0.15) is 0 Å². The van der Waals surface area contributed by atoms with Crippen molar-refractivity contribution in [1.29, 1.82) is 0 Å². The van der Waals surface area contributed by atoms with E-state index in [1.54, 1.807) is 0 Å². The predicted molar refractivity (Wildman–Crippen MR) is 129 cm³/mol. The predicted octanol–water partition coefficient (Wildman–Crippen LogP) is 4.00. The molecule has 2 rings (SSSR count). The number of hydrogen-bond donors (Lipinski definition) is 2. The lowest BCUT2D eigenvalue weighted by atomic mass is 10.1. The molecule has 7 nitrogen and oxygen atoms in total. The summed E-state index contributed by atoms with van der Waals surface area (Å²) in [4.78, 5) is 0. The minimum Gasteiger partial charge on any atom is -0.379 e. The molecule has 0 aromatic heterocycles. The number of hydrogen-bond acceptors (Lipinski definition) is 7. The highest BCUT2D eigenvalue weighted by atomic mass is 35.5. The van der Waals surface area contributed by atoms with Crippen LogP contribution in [0.5, 0.6) is 0 Å². The highest BCUT2D eigenvalue weighted by Gasteiger charge is 2.34. The fourth-order valence-electron chi connectivity index (χ4n) is 3.18. The van der Waals surface area contributed by atoms with Gasteiger partial charge >= 0.3 is 0 Å². The number of rotatable bonds is 19. The number of unbranched alkanes of at least 4 members (excludes halogenated alkanes) is 1. The molecule has 1 atom stereocenters. The van der Waals surface area contributed by atoms with E-state index >= 15 is 0 Å². The second-order valence-corrected chi connectivity index (χ2v) is 8.02. The number of alkyl halides is 1. The largest absolute Gasteiger partial charge is 0.379 e. The van der Waals surface area contributed by atoms with E-state index in [0.29, 0.717) is 77.0 Å². The molecule has 0 spiro atoms. The molecule has 1 aliphatic rings. The average molecular weight is 489 g/mol. The van der Waals surface area contributed by atoms with E-state index < -0.39 is 0 Å². The van der Waals surface area contributed by atoms with Crippen LogP contribution in [0, 0.1) is 12.3 Å². The van der Waals surface area contributed by atoms with Crippen LogP contribution < -0.4 is 10.6 Å². The van der Waals surface area contributed by atoms with Gasteiger partial charge in [-0.25, -0.2) is 0 Å². The van der Waals surface area contributed by atoms with E-state index in [1.807, 2.05) is 18.2 Å². The molecule has 0 bridgehead atoms. The van der Waals surface area contributed by atoms with Gasteiger partial charge in [0.25, 0.3) is 0 Å². The van der Waals surface area contributed by atoms with Crippen molar-refractivity contribution in [2.45, 2.75) is 24.9 Å². The van der Waals surface area contributed by atoms with Gasteiger partial charge in [0.1, 0.15) is 12.3 Å². The van der Waals surface area contributed by atoms with Gasteiger partial charge < -0.3 is 34.3 Å². The lowest BCUT2D eigenvalue weighted by molar-refractivity contribution is -0.00938. The van der Waals surface area contributed by atoms with E-state index in [2.05, 4.69) is 16.6 Å². The Bertz CT molecular complexity index is 689. The fraction of sp³-hybridized carbons (Fsp3) is 0.652. The maximum atomic E-state index is 6.24. The first-order valence-electron chi connectivity index (χ1n) is 10.9. The van der Waals surface area contributed by atoms with Crippen LogP contribution in [0.1, 0.15) is 19.3 Å². The van der Waals surface area contributed by atoms with Crippen LogP contribution in [-0.4, -0.2) is 77.6 Å². The number of terminal acetylenes is 1. The molecule has 1 aromatic rings. The van der Waals surface area contributed by atoms with Gasteiger partial charge in [-0.15, -0.1) is 18.0 Å². The van der Waals surface area contributed by atoms with Crippen LogP contribution in [0.2, 0.25) is 5.02 Å². The Morgan fingerprint density at radius 1 is 0.781 bits per heavy atom. The summed E-state index contributed by atoms with van der Waals surface area (Å²) >= 11 is 12.3. The Morgan fingerprint density at radius 2 is 1.34 bits per heavy atom. The Hall–Kier alpha value is -1.24. The molecule has 0 saturated carbocycles. The molecule has 9 heteroatoms. The van der Waals surface area contributed by atoms with Crippen LogP contribution in [0.3, 0.4) is 0 Å². The normalized spacial score (nSPS) is 16.9. The number of benzene rings is 1. The van der Waals surface area contributed by atoms with Crippen LogP contribution in [0.4, 0.5) is 11.4 Å². The molecule has 1 unspecified atom stereocenters. The van der Waals surface area contributed by atoms with Crippen molar-refractivity contribution in [2.24, 2.45) is 0 Å². The van der Waals surface area contributed by atoms with E-state index in [0.717, 1.165) is 30.6 Å². The summed E-state index contributed by atoms with van der Waals surface area (Å²) < 4.78 is 27.0. The summed E-state index contributed by atoms with van der Waals surface area (Å²) in [6, 6.07) is 5.76. The third-order valence-electron chi connectivity index (χ3n) is 4.77. The SMILES string of the molecule is C#CCOCCOCCOCCOCCOCCCCC1(CCl)Nc2ccc(Cl)cc2N1. The van der Waals surface area contributed by atoms with Crippen molar-refractivity contribution >= 4 is 34.6 Å². The topological polar surface area (TPSA) is 70.2 Å². The summed E-state index contributed by atoms with van der Waals surface area (Å²) in [5, 5.41) is 7.67. The van der Waals surface area contributed by atoms with E-state index in [-0.39, 0.29) is 5.66 Å². The molecule has 1 aliphatic heterocycles. The van der Waals surface area contributed by atoms with Crippen LogP contribution in [-0.2, 0) is 23.7 Å². The van der Waals surface area contributed by atoms with Crippen molar-refractivity contribution in [3.63, 3.8) is 0 Å². The van der Waals surface area contributed by atoms with Gasteiger partial charge in [0, 0.05) is 11.6 Å². The standard InChI is InChI=1S/C23H34Cl2N2O5/c1-2-8-28-10-12-30-14-16-32-17-15-31-13-11-29-9-4-3-7-23(19-24)26-21-6-5-20(25)18-22(21)27-23/h1,5-6,18,26-27H,3-4,7-17,19H2. The highest BCUT2D eigenvalue weighted by molar-refractivity contribution is 6.31. The highest BCUT2D eigenvalue weighted by Crippen LogP contribution is 2.38. The molecular weight excluding hydrogens is 455 g/mol. The molecule has 0 amide bonds. The van der Waals surface area contributed by atoms with E-state index in [9.17, 15) is 0 Å². The molecule has 2 N–H and O–H groups in total. The second kappa shape index (κ2) is 16.4. The third kappa shape index (κ3) is 10.6. The molecule has 180 valence electrons. The third-order valence-corrected chi connectivity index (χ3v) is 5.46. The zero-order chi connectivity index (χ0) is 22.9. The average Bonchev–Trinajstić information content (AvgIpc) is 3.16. The van der Waals surface area contributed by atoms with Crippen LogP contribution >= 0.6 is 23.2 Å². The summed E-state index contributed by atoms with van der Waals surface area (Å²) in [5.74, 6) is 2.86. The number of nitrogens with one attached hydrogen (secondary N) is 2. The molecular formula is C23H34Cl2N2O5. The maximum absolute atomic E-state index is 6.24. The smallest absolute Gasteiger partial charge is 0.122 e. The van der Waals surface area contributed by atoms with Gasteiger partial charge in [-0.3, -0.25) is 0 Å². The first-order chi connectivity index (χ1) is 15.7. The van der Waals surface area contributed by atoms with Crippen molar-refractivity contribution in [3.05, 3.63) is 23.2 Å². The molecule has 1 heterocycles. The molecule has 0 fully saturated rings. The van der Waals surface area contributed by atoms with Gasteiger partial charge in [-0.05, 0) is 37.5 Å². The summed E-state index contributed by atoms with van der Waals surface area (Å²) in [6.07, 6.45) is 7.91. The number of fused-ring (bicyclic) bond motifs is 1. The summed E-state index contributed by atoms with van der Waals surface area (Å²) in [7, 11) is 0. The first-order valence-corrected chi connectivity index (χ1v) is 11.8. The Kier molecular flexibility index (Phi) is 13.8. The van der Waals surface area contributed by atoms with Crippen molar-refractivity contribution in [2.75, 3.05) is 82.6 Å². The van der Waals surface area contributed by atoms with Gasteiger partial charge in [0.05, 0.1) is 70.1 Å². The fourth-order valence-corrected chi connectivity index (χ4v) is 3.62. The van der Waals surface area contributed by atoms with Gasteiger partial charge in [0.2, 0.25) is 0 Å². The first kappa shape index (κ1) is 27.0. The zero-order valence-corrected chi connectivity index (χ0v) is 20.0. The van der Waals surface area contributed by atoms with Crippen molar-refractivity contribution in [1.82, 2.24) is 0 Å². The summed E-state index contributed by atoms with van der Waals surface area (Å²) in [5.41, 5.74) is 1.69. The van der Waals surface area contributed by atoms with Crippen molar-refractivity contribution < 1.29 is 23.7 Å². The van der Waals surface area contributed by atoms with E-state index in [1.165, 1.54) is 0 Å². The quantitative estimate of drug-likeness (QED) is 0.173. The van der Waals surface area contributed by atoms with Crippen LogP contribution in [0.15, 0.2) is 18.2 Å². The number of anilines is 2. The molecule has 0 aliphatic carbocycles. The van der Waals surface area contributed by atoms with Gasteiger partial charge in [-0.1, -0.05) is 17.5 Å². The number of halogens is 2. The molecule has 32 heavy (non-hydrogen) atoms. The molecule has 0 saturated heterocycles. The minimum atomic E-state index is -0.335. The molecule has 0 radical (unpaired) electrons. The zero-order valence-electron chi connectivity index (χ0n) is 18.5. The summed E-state index contributed by atoms with van der Waals surface area (Å²) in [6.45, 7) is 5.27. The number of ether oxygens (including phenoxy) is 5. The Morgan fingerprint density at radius 3 is 1.94 bits per heavy atom. The molecule has 1 aromatic carbocycles. The monoisotopic (exact) mass is 488 g/mol. The minimum absolute atomic E-state index is 0.315. The maximum Gasteiger partial charge on any atom is 0.122 e. The van der Waals surface area contributed by atoms with Gasteiger partial charge in [0.15, 0.2) is 0 Å². The lowest BCUT2D eigenvalue weighted by Crippen LogP contribution is -2.43. The second-order valence-electron chi connectivity index (χ2n) is 7.32. The Balaban J connectivity index is 1.36.